The number of esters is 1. The molecule has 0 aromatic heterocycles. The molecule has 1 rings (SSSR count). The summed E-state index contributed by atoms with van der Waals surface area (Å²) in [7, 11) is 1.73. The number of hydrogen-bond donors (Lipinski definition) is 1. The van der Waals surface area contributed by atoms with Gasteiger partial charge in [-0.05, 0) is 37.2 Å². The monoisotopic (exact) mass is 500 g/mol. The zero-order valence-corrected chi connectivity index (χ0v) is 24.3. The van der Waals surface area contributed by atoms with Crippen LogP contribution in [0.4, 0.5) is 0 Å². The second-order valence-corrected chi connectivity index (χ2v) is 11.6. The fraction of sp³-hybridized carbons (Fsp3) is 0.633. The Morgan fingerprint density at radius 3 is 2.03 bits per heavy atom. The van der Waals surface area contributed by atoms with E-state index in [1.54, 1.807) is 31.9 Å². The Labute approximate surface area is 218 Å². The smallest absolute Gasteiger partial charge is 0.333 e. The number of carbonyl (C=O) groups excluding carboxylic acids is 3. The first kappa shape index (κ1) is 31.4. The molecular formula is C30H48N2O4. The second kappa shape index (κ2) is 13.1. The molecular weight excluding hydrogens is 452 g/mol. The summed E-state index contributed by atoms with van der Waals surface area (Å²) in [6.07, 6.45) is 2.43. The summed E-state index contributed by atoms with van der Waals surface area (Å²) >= 11 is 0. The minimum Gasteiger partial charge on any atom is -0.463 e. The highest BCUT2D eigenvalue weighted by Crippen LogP contribution is 2.35. The standard InChI is InChI=1S/C30H48N2O4/c1-12-23(30(9,10)22-17-15-14-16-18-22)26(33)31-25(29(6,7)8)27(34)32(11)24(20(3)4)19-21(5)28(35)36-13-2/h14-20,23-25H,12-13H2,1-11H3,(H,31,33)/b21-19+/t23?,24-,25-/m1/s1. The molecule has 6 nitrogen and oxygen atoms in total. The molecule has 0 saturated carbocycles. The lowest BCUT2D eigenvalue weighted by atomic mass is 9.71. The van der Waals surface area contributed by atoms with Crippen molar-refractivity contribution in [2.24, 2.45) is 17.3 Å². The highest BCUT2D eigenvalue weighted by Gasteiger charge is 2.41. The van der Waals surface area contributed by atoms with Crippen molar-refractivity contribution in [2.45, 2.75) is 93.2 Å². The summed E-state index contributed by atoms with van der Waals surface area (Å²) in [6, 6.07) is 8.96. The molecule has 1 aromatic carbocycles. The van der Waals surface area contributed by atoms with Gasteiger partial charge in [0.15, 0.2) is 0 Å². The Bertz CT molecular complexity index is 913. The highest BCUT2D eigenvalue weighted by atomic mass is 16.5. The van der Waals surface area contributed by atoms with Crippen molar-refractivity contribution >= 4 is 17.8 Å². The first-order valence-corrected chi connectivity index (χ1v) is 13.1. The fourth-order valence-electron chi connectivity index (χ4n) is 4.65. The van der Waals surface area contributed by atoms with E-state index >= 15 is 0 Å². The van der Waals surface area contributed by atoms with Gasteiger partial charge in [0.2, 0.25) is 11.8 Å². The number of carbonyl (C=O) groups is 3. The zero-order chi connectivity index (χ0) is 27.8. The maximum Gasteiger partial charge on any atom is 0.333 e. The average molecular weight is 501 g/mol. The van der Waals surface area contributed by atoms with Gasteiger partial charge in [0.1, 0.15) is 6.04 Å². The van der Waals surface area contributed by atoms with Crippen LogP contribution in [-0.4, -0.2) is 48.4 Å². The lowest BCUT2D eigenvalue weighted by molar-refractivity contribution is -0.142. The molecule has 3 atom stereocenters. The molecule has 202 valence electrons. The van der Waals surface area contributed by atoms with Crippen LogP contribution < -0.4 is 5.32 Å². The van der Waals surface area contributed by atoms with Crippen molar-refractivity contribution in [3.63, 3.8) is 0 Å². The van der Waals surface area contributed by atoms with Gasteiger partial charge in [0.25, 0.3) is 0 Å². The van der Waals surface area contributed by atoms with E-state index < -0.39 is 22.8 Å². The van der Waals surface area contributed by atoms with Gasteiger partial charge in [-0.25, -0.2) is 4.79 Å². The average Bonchev–Trinajstić information content (AvgIpc) is 2.80. The molecule has 2 amide bonds. The van der Waals surface area contributed by atoms with Crippen molar-refractivity contribution in [3.8, 4) is 0 Å². The van der Waals surface area contributed by atoms with Crippen molar-refractivity contribution in [1.82, 2.24) is 10.2 Å². The molecule has 0 spiro atoms. The first-order valence-electron chi connectivity index (χ1n) is 13.1. The summed E-state index contributed by atoms with van der Waals surface area (Å²) in [4.78, 5) is 41.4. The number of hydrogen-bond acceptors (Lipinski definition) is 4. The molecule has 36 heavy (non-hydrogen) atoms. The highest BCUT2D eigenvalue weighted by molar-refractivity contribution is 5.90. The second-order valence-electron chi connectivity index (χ2n) is 11.6. The van der Waals surface area contributed by atoms with Crippen LogP contribution in [0.2, 0.25) is 0 Å². The molecule has 0 aliphatic carbocycles. The third-order valence-electron chi connectivity index (χ3n) is 7.01. The van der Waals surface area contributed by atoms with Gasteiger partial charge in [-0.2, -0.15) is 0 Å². The van der Waals surface area contributed by atoms with Gasteiger partial charge < -0.3 is 15.0 Å². The summed E-state index contributed by atoms with van der Waals surface area (Å²) in [5.74, 6) is -0.962. The van der Waals surface area contributed by atoms with Crippen LogP contribution in [0.25, 0.3) is 0 Å². The normalized spacial score (nSPS) is 15.2. The predicted octanol–water partition coefficient (Wildman–Crippen LogP) is 5.51. The number of rotatable bonds is 11. The molecule has 0 bridgehead atoms. The maximum atomic E-state index is 13.8. The molecule has 0 aliphatic heterocycles. The van der Waals surface area contributed by atoms with Crippen LogP contribution >= 0.6 is 0 Å². The van der Waals surface area contributed by atoms with E-state index in [4.69, 9.17) is 4.74 Å². The van der Waals surface area contributed by atoms with Crippen LogP contribution in [0, 0.1) is 17.3 Å². The summed E-state index contributed by atoms with van der Waals surface area (Å²) in [5.41, 5.74) is 0.624. The largest absolute Gasteiger partial charge is 0.463 e. The Hall–Kier alpha value is -2.63. The zero-order valence-electron chi connectivity index (χ0n) is 24.3. The van der Waals surface area contributed by atoms with Gasteiger partial charge in [0, 0.05) is 24.0 Å². The quantitative estimate of drug-likeness (QED) is 0.321. The van der Waals surface area contributed by atoms with Crippen LogP contribution in [-0.2, 0) is 24.5 Å². The van der Waals surface area contributed by atoms with E-state index in [-0.39, 0.29) is 29.7 Å². The summed E-state index contributed by atoms with van der Waals surface area (Å²) in [6.45, 7) is 19.8. The van der Waals surface area contributed by atoms with E-state index in [2.05, 4.69) is 19.2 Å². The molecule has 0 saturated heterocycles. The number of ether oxygens (including phenoxy) is 1. The van der Waals surface area contributed by atoms with Crippen LogP contribution in [0.5, 0.6) is 0 Å². The van der Waals surface area contributed by atoms with Gasteiger partial charge >= 0.3 is 5.97 Å². The Balaban J connectivity index is 3.28. The summed E-state index contributed by atoms with van der Waals surface area (Å²) < 4.78 is 5.12. The van der Waals surface area contributed by atoms with Gasteiger partial charge in [-0.3, -0.25) is 9.59 Å². The molecule has 1 N–H and O–H groups in total. The molecule has 0 fully saturated rings. The van der Waals surface area contributed by atoms with Crippen molar-refractivity contribution in [1.29, 1.82) is 0 Å². The molecule has 1 unspecified atom stereocenters. The Kier molecular flexibility index (Phi) is 11.4. The summed E-state index contributed by atoms with van der Waals surface area (Å²) in [5, 5.41) is 3.11. The van der Waals surface area contributed by atoms with E-state index in [1.807, 2.05) is 71.9 Å². The fourth-order valence-corrected chi connectivity index (χ4v) is 4.65. The van der Waals surface area contributed by atoms with Crippen LogP contribution in [0.15, 0.2) is 42.0 Å². The number of amides is 2. The lowest BCUT2D eigenvalue weighted by Gasteiger charge is -2.39. The lowest BCUT2D eigenvalue weighted by Crippen LogP contribution is -2.58. The van der Waals surface area contributed by atoms with Gasteiger partial charge in [-0.1, -0.05) is 91.8 Å². The van der Waals surface area contributed by atoms with Gasteiger partial charge in [-0.15, -0.1) is 0 Å². The molecule has 1 aromatic rings. The van der Waals surface area contributed by atoms with Gasteiger partial charge in [0.05, 0.1) is 12.6 Å². The number of nitrogens with one attached hydrogen (secondary N) is 1. The minimum atomic E-state index is -0.729. The third kappa shape index (κ3) is 7.94. The van der Waals surface area contributed by atoms with Crippen molar-refractivity contribution < 1.29 is 19.1 Å². The Morgan fingerprint density at radius 1 is 1.03 bits per heavy atom. The molecule has 6 heteroatoms. The Morgan fingerprint density at radius 2 is 1.58 bits per heavy atom. The molecule has 0 radical (unpaired) electrons. The molecule has 0 aliphatic rings. The van der Waals surface area contributed by atoms with Crippen molar-refractivity contribution in [3.05, 3.63) is 47.5 Å². The number of likely N-dealkylation sites (N-methyl/N-ethyl adjacent to an activating group) is 1. The van der Waals surface area contributed by atoms with E-state index in [0.29, 0.717) is 18.6 Å². The van der Waals surface area contributed by atoms with E-state index in [9.17, 15) is 14.4 Å². The number of nitrogens with zero attached hydrogens (tertiary/aromatic N) is 1. The number of benzene rings is 1. The topological polar surface area (TPSA) is 75.7 Å². The third-order valence-corrected chi connectivity index (χ3v) is 7.01. The van der Waals surface area contributed by atoms with Crippen molar-refractivity contribution in [2.75, 3.05) is 13.7 Å². The first-order chi connectivity index (χ1) is 16.6. The van der Waals surface area contributed by atoms with Crippen LogP contribution in [0.3, 0.4) is 0 Å². The molecule has 0 heterocycles. The minimum absolute atomic E-state index is 0.0556. The maximum absolute atomic E-state index is 13.8. The SMILES string of the molecule is CCOC(=O)/C(C)=C/[C@H](C(C)C)N(C)C(=O)[C@@H](NC(=O)C(CC)C(C)(C)c1ccccc1)C(C)(C)C. The van der Waals surface area contributed by atoms with E-state index in [1.165, 1.54) is 0 Å². The van der Waals surface area contributed by atoms with E-state index in [0.717, 1.165) is 5.56 Å². The predicted molar refractivity (Wildman–Crippen MR) is 146 cm³/mol. The van der Waals surface area contributed by atoms with Crippen LogP contribution in [0.1, 0.15) is 81.2 Å².